The summed E-state index contributed by atoms with van der Waals surface area (Å²) in [6, 6.07) is 7.62. The molecule has 2 unspecified atom stereocenters. The van der Waals surface area contributed by atoms with E-state index >= 15 is 0 Å². The Balaban J connectivity index is 2.28. The van der Waals surface area contributed by atoms with Crippen LogP contribution in [0, 0.1) is 17.2 Å². The normalized spacial score (nSPS) is 22.1. The molecule has 0 amide bonds. The van der Waals surface area contributed by atoms with E-state index in [1.807, 2.05) is 13.0 Å². The molecule has 1 fully saturated rings. The van der Waals surface area contributed by atoms with Gasteiger partial charge in [0.25, 0.3) is 0 Å². The average Bonchev–Trinajstić information content (AvgIpc) is 2.46. The first-order chi connectivity index (χ1) is 9.56. The molecule has 0 spiro atoms. The molecule has 0 radical (unpaired) electrons. The Morgan fingerprint density at radius 2 is 2.30 bits per heavy atom. The number of benzene rings is 1. The number of anilines is 1. The third kappa shape index (κ3) is 2.69. The van der Waals surface area contributed by atoms with Crippen LogP contribution >= 0.6 is 0 Å². The van der Waals surface area contributed by atoms with Gasteiger partial charge in [-0.25, -0.2) is 0 Å². The van der Waals surface area contributed by atoms with E-state index < -0.39 is 5.97 Å². The molecule has 0 saturated carbocycles. The van der Waals surface area contributed by atoms with Crippen molar-refractivity contribution >= 4 is 11.7 Å². The summed E-state index contributed by atoms with van der Waals surface area (Å²) in [5.41, 5.74) is 1.41. The van der Waals surface area contributed by atoms with E-state index in [4.69, 9.17) is 9.84 Å². The molecule has 0 aliphatic carbocycles. The molecule has 1 aliphatic rings. The van der Waals surface area contributed by atoms with E-state index in [9.17, 15) is 10.1 Å². The van der Waals surface area contributed by atoms with Crippen LogP contribution in [-0.2, 0) is 4.79 Å². The van der Waals surface area contributed by atoms with Gasteiger partial charge in [-0.2, -0.15) is 5.26 Å². The molecule has 1 aromatic carbocycles. The molecular formula is C15H18N2O3. The molecule has 2 atom stereocenters. The van der Waals surface area contributed by atoms with Crippen LogP contribution in [0.3, 0.4) is 0 Å². The van der Waals surface area contributed by atoms with Crippen LogP contribution in [0.5, 0.6) is 5.75 Å². The molecular weight excluding hydrogens is 256 g/mol. The van der Waals surface area contributed by atoms with Crippen molar-refractivity contribution in [3.05, 3.63) is 23.8 Å². The molecule has 5 nitrogen and oxygen atoms in total. The zero-order valence-corrected chi connectivity index (χ0v) is 11.7. The third-order valence-corrected chi connectivity index (χ3v) is 3.86. The molecule has 1 saturated heterocycles. The largest absolute Gasteiger partial charge is 0.497 e. The van der Waals surface area contributed by atoms with Crippen molar-refractivity contribution in [2.75, 3.05) is 18.6 Å². The Morgan fingerprint density at radius 1 is 1.55 bits per heavy atom. The van der Waals surface area contributed by atoms with Gasteiger partial charge < -0.3 is 14.7 Å². The summed E-state index contributed by atoms with van der Waals surface area (Å²) in [7, 11) is 1.59. The molecule has 1 aliphatic heterocycles. The first kappa shape index (κ1) is 14.2. The summed E-state index contributed by atoms with van der Waals surface area (Å²) in [4.78, 5) is 13.2. The Bertz CT molecular complexity index is 551. The van der Waals surface area contributed by atoms with Gasteiger partial charge >= 0.3 is 5.97 Å². The fourth-order valence-corrected chi connectivity index (χ4v) is 2.72. The maximum atomic E-state index is 11.1. The average molecular weight is 274 g/mol. The van der Waals surface area contributed by atoms with Gasteiger partial charge in [-0.3, -0.25) is 4.79 Å². The predicted octanol–water partition coefficient (Wildman–Crippen LogP) is 2.26. The van der Waals surface area contributed by atoms with Crippen molar-refractivity contribution in [2.45, 2.75) is 25.8 Å². The maximum absolute atomic E-state index is 11.1. The summed E-state index contributed by atoms with van der Waals surface area (Å²) >= 11 is 0. The number of nitrogens with zero attached hydrogens (tertiary/aromatic N) is 2. The van der Waals surface area contributed by atoms with Crippen molar-refractivity contribution in [1.29, 1.82) is 5.26 Å². The second-order valence-electron chi connectivity index (χ2n) is 5.10. The van der Waals surface area contributed by atoms with E-state index in [-0.39, 0.29) is 12.0 Å². The molecule has 1 heterocycles. The van der Waals surface area contributed by atoms with Crippen molar-refractivity contribution in [1.82, 2.24) is 0 Å². The van der Waals surface area contributed by atoms with Gasteiger partial charge in [0, 0.05) is 18.7 Å². The van der Waals surface area contributed by atoms with Crippen LogP contribution in [-0.4, -0.2) is 30.8 Å². The number of piperidine rings is 1. The SMILES string of the molecule is COc1ccc(C#N)c(N2CCC(C(=O)O)CC2C)c1. The highest BCUT2D eigenvalue weighted by Gasteiger charge is 2.30. The molecule has 106 valence electrons. The summed E-state index contributed by atoms with van der Waals surface area (Å²) < 4.78 is 5.21. The molecule has 2 rings (SSSR count). The number of hydrogen-bond donors (Lipinski definition) is 1. The van der Waals surface area contributed by atoms with Crippen LogP contribution in [0.2, 0.25) is 0 Å². The summed E-state index contributed by atoms with van der Waals surface area (Å²) in [5.74, 6) is -0.327. The van der Waals surface area contributed by atoms with Crippen molar-refractivity contribution in [3.63, 3.8) is 0 Å². The van der Waals surface area contributed by atoms with Gasteiger partial charge in [0.2, 0.25) is 0 Å². The molecule has 5 heteroatoms. The van der Waals surface area contributed by atoms with Crippen LogP contribution < -0.4 is 9.64 Å². The van der Waals surface area contributed by atoms with Gasteiger partial charge in [0.15, 0.2) is 0 Å². The fourth-order valence-electron chi connectivity index (χ4n) is 2.72. The molecule has 1 N–H and O–H groups in total. The van der Waals surface area contributed by atoms with E-state index in [1.165, 1.54) is 0 Å². The van der Waals surface area contributed by atoms with Gasteiger partial charge in [-0.15, -0.1) is 0 Å². The zero-order chi connectivity index (χ0) is 14.7. The van der Waals surface area contributed by atoms with Crippen LogP contribution in [0.25, 0.3) is 0 Å². The highest BCUT2D eigenvalue weighted by atomic mass is 16.5. The lowest BCUT2D eigenvalue weighted by atomic mass is 9.91. The van der Waals surface area contributed by atoms with Gasteiger partial charge in [-0.1, -0.05) is 0 Å². The molecule has 0 bridgehead atoms. The van der Waals surface area contributed by atoms with Gasteiger partial charge in [0.1, 0.15) is 11.8 Å². The van der Waals surface area contributed by atoms with Crippen molar-refractivity contribution in [2.24, 2.45) is 5.92 Å². The van der Waals surface area contributed by atoms with Gasteiger partial charge in [-0.05, 0) is 31.9 Å². The lowest BCUT2D eigenvalue weighted by Crippen LogP contribution is -2.43. The minimum atomic E-state index is -0.734. The number of ether oxygens (including phenoxy) is 1. The number of aliphatic carboxylic acids is 1. The quantitative estimate of drug-likeness (QED) is 0.915. The number of methoxy groups -OCH3 is 1. The van der Waals surface area contributed by atoms with E-state index in [0.29, 0.717) is 30.7 Å². The maximum Gasteiger partial charge on any atom is 0.306 e. The van der Waals surface area contributed by atoms with Crippen molar-refractivity contribution in [3.8, 4) is 11.8 Å². The number of carboxylic acids is 1. The van der Waals surface area contributed by atoms with Gasteiger partial charge in [0.05, 0.1) is 24.3 Å². The van der Waals surface area contributed by atoms with E-state index in [2.05, 4.69) is 11.0 Å². The highest BCUT2D eigenvalue weighted by Crippen LogP contribution is 2.32. The van der Waals surface area contributed by atoms with E-state index in [0.717, 1.165) is 5.69 Å². The number of carboxylic acid groups (broad SMARTS) is 1. The van der Waals surface area contributed by atoms with Crippen LogP contribution in [0.4, 0.5) is 5.69 Å². The smallest absolute Gasteiger partial charge is 0.306 e. The van der Waals surface area contributed by atoms with Crippen LogP contribution in [0.15, 0.2) is 18.2 Å². The third-order valence-electron chi connectivity index (χ3n) is 3.86. The minimum absolute atomic E-state index is 0.0871. The number of nitriles is 1. The Morgan fingerprint density at radius 3 is 2.85 bits per heavy atom. The Kier molecular flexibility index (Phi) is 4.14. The first-order valence-corrected chi connectivity index (χ1v) is 6.64. The standard InChI is InChI=1S/C15H18N2O3/c1-10-7-11(15(18)19)5-6-17(10)14-8-13(20-2)4-3-12(14)9-16/h3-4,8,10-11H,5-7H2,1-2H3,(H,18,19). The molecule has 1 aromatic rings. The van der Waals surface area contributed by atoms with Crippen LogP contribution in [0.1, 0.15) is 25.3 Å². The highest BCUT2D eigenvalue weighted by molar-refractivity contribution is 5.71. The molecule has 20 heavy (non-hydrogen) atoms. The lowest BCUT2D eigenvalue weighted by molar-refractivity contribution is -0.142. The molecule has 0 aromatic heterocycles. The monoisotopic (exact) mass is 274 g/mol. The summed E-state index contributed by atoms with van der Waals surface area (Å²) in [6.07, 6.45) is 1.19. The second kappa shape index (κ2) is 5.83. The lowest BCUT2D eigenvalue weighted by Gasteiger charge is -2.38. The fraction of sp³-hybridized carbons (Fsp3) is 0.467. The first-order valence-electron chi connectivity index (χ1n) is 6.64. The minimum Gasteiger partial charge on any atom is -0.497 e. The predicted molar refractivity (Wildman–Crippen MR) is 74.9 cm³/mol. The zero-order valence-electron chi connectivity index (χ0n) is 11.7. The Hall–Kier alpha value is -2.22. The summed E-state index contributed by atoms with van der Waals surface area (Å²) in [6.45, 7) is 2.63. The van der Waals surface area contributed by atoms with E-state index in [1.54, 1.807) is 19.2 Å². The second-order valence-corrected chi connectivity index (χ2v) is 5.10. The summed E-state index contributed by atoms with van der Waals surface area (Å²) in [5, 5.41) is 18.3. The van der Waals surface area contributed by atoms with Crippen molar-refractivity contribution < 1.29 is 14.6 Å². The number of rotatable bonds is 3. The number of carbonyl (C=O) groups is 1. The number of hydrogen-bond acceptors (Lipinski definition) is 4. The Labute approximate surface area is 118 Å². The topological polar surface area (TPSA) is 73.6 Å².